The first-order chi connectivity index (χ1) is 5.93. The molecule has 0 aliphatic carbocycles. The Bertz CT molecular complexity index is 229. The van der Waals surface area contributed by atoms with Crippen LogP contribution in [0.25, 0.3) is 0 Å². The Hall–Kier alpha value is -1.31. The lowest BCUT2D eigenvalue weighted by atomic mass is 10.3. The van der Waals surface area contributed by atoms with Gasteiger partial charge in [0.05, 0.1) is 12.2 Å². The fourth-order valence-corrected chi connectivity index (χ4v) is 0.867. The molecule has 12 heavy (non-hydrogen) atoms. The van der Waals surface area contributed by atoms with Gasteiger partial charge < -0.3 is 5.32 Å². The minimum absolute atomic E-state index is 0.803. The Morgan fingerprint density at radius 3 is 3.08 bits per heavy atom. The Balaban J connectivity index is 2.29. The molecular formula is C10H14N2. The van der Waals surface area contributed by atoms with Gasteiger partial charge in [0.15, 0.2) is 0 Å². The number of nitrogens with zero attached hydrogens (tertiary/aromatic N) is 1. The second kappa shape index (κ2) is 5.35. The number of hydrogen-bond acceptors (Lipinski definition) is 2. The molecule has 64 valence electrons. The molecule has 1 rings (SSSR count). The van der Waals surface area contributed by atoms with Crippen molar-refractivity contribution in [3.05, 3.63) is 42.4 Å². The smallest absolute Gasteiger partial charge is 0.0594 e. The van der Waals surface area contributed by atoms with E-state index in [-0.39, 0.29) is 0 Å². The molecule has 0 radical (unpaired) electrons. The number of hydrogen-bond donors (Lipinski definition) is 1. The highest BCUT2D eigenvalue weighted by Gasteiger charge is 1.86. The lowest BCUT2D eigenvalue weighted by molar-refractivity contribution is 0.832. The van der Waals surface area contributed by atoms with Gasteiger partial charge in [-0.05, 0) is 24.8 Å². The monoisotopic (exact) mass is 162 g/mol. The van der Waals surface area contributed by atoms with Crippen LogP contribution in [0.5, 0.6) is 0 Å². The number of nitrogens with one attached hydrogen (secondary N) is 1. The second-order valence-corrected chi connectivity index (χ2v) is 2.51. The zero-order valence-electron chi connectivity index (χ0n) is 7.33. The Labute approximate surface area is 73.3 Å². The van der Waals surface area contributed by atoms with Crippen LogP contribution in [-0.4, -0.2) is 4.98 Å². The average Bonchev–Trinajstić information content (AvgIpc) is 2.14. The van der Waals surface area contributed by atoms with E-state index in [0.29, 0.717) is 0 Å². The number of aromatic nitrogens is 1. The van der Waals surface area contributed by atoms with Crippen molar-refractivity contribution in [2.75, 3.05) is 0 Å². The van der Waals surface area contributed by atoms with Crippen LogP contribution in [0.2, 0.25) is 0 Å². The van der Waals surface area contributed by atoms with Gasteiger partial charge in [-0.1, -0.05) is 19.1 Å². The van der Waals surface area contributed by atoms with Gasteiger partial charge in [0.1, 0.15) is 0 Å². The summed E-state index contributed by atoms with van der Waals surface area (Å²) in [6.45, 7) is 2.91. The summed E-state index contributed by atoms with van der Waals surface area (Å²) in [6.07, 6.45) is 6.92. The van der Waals surface area contributed by atoms with E-state index in [4.69, 9.17) is 0 Å². The lowest BCUT2D eigenvalue weighted by Gasteiger charge is -1.98. The normalized spacial score (nSPS) is 10.4. The van der Waals surface area contributed by atoms with Crippen molar-refractivity contribution in [2.45, 2.75) is 19.9 Å². The Morgan fingerprint density at radius 1 is 1.50 bits per heavy atom. The molecule has 0 atom stereocenters. The van der Waals surface area contributed by atoms with Crippen molar-refractivity contribution in [3.8, 4) is 0 Å². The third-order valence-corrected chi connectivity index (χ3v) is 1.48. The highest BCUT2D eigenvalue weighted by molar-refractivity contribution is 5.03. The zero-order valence-corrected chi connectivity index (χ0v) is 7.33. The molecule has 0 aliphatic heterocycles. The van der Waals surface area contributed by atoms with E-state index < -0.39 is 0 Å². The minimum atomic E-state index is 0.803. The van der Waals surface area contributed by atoms with Crippen molar-refractivity contribution < 1.29 is 0 Å². The average molecular weight is 162 g/mol. The van der Waals surface area contributed by atoms with E-state index >= 15 is 0 Å². The number of pyridine rings is 1. The van der Waals surface area contributed by atoms with Crippen LogP contribution in [0.4, 0.5) is 0 Å². The molecule has 0 amide bonds. The summed E-state index contributed by atoms with van der Waals surface area (Å²) in [7, 11) is 0. The van der Waals surface area contributed by atoms with Crippen LogP contribution in [0, 0.1) is 0 Å². The Kier molecular flexibility index (Phi) is 3.92. The summed E-state index contributed by atoms with van der Waals surface area (Å²) >= 11 is 0. The molecule has 2 nitrogen and oxygen atoms in total. The van der Waals surface area contributed by atoms with Crippen LogP contribution < -0.4 is 5.32 Å². The number of allylic oxidation sites excluding steroid dienone is 1. The van der Waals surface area contributed by atoms with Gasteiger partial charge in [0.2, 0.25) is 0 Å². The summed E-state index contributed by atoms with van der Waals surface area (Å²) in [5.41, 5.74) is 1.07. The highest BCUT2D eigenvalue weighted by atomic mass is 14.9. The van der Waals surface area contributed by atoms with E-state index in [1.807, 2.05) is 24.4 Å². The minimum Gasteiger partial charge on any atom is -0.385 e. The van der Waals surface area contributed by atoms with Crippen molar-refractivity contribution in [1.82, 2.24) is 10.3 Å². The summed E-state index contributed by atoms with van der Waals surface area (Å²) in [6, 6.07) is 5.92. The molecule has 0 bridgehead atoms. The molecule has 2 heteroatoms. The SMILES string of the molecule is CC/C=C/NCc1ccccn1. The van der Waals surface area contributed by atoms with Crippen molar-refractivity contribution in [1.29, 1.82) is 0 Å². The fraction of sp³-hybridized carbons (Fsp3) is 0.300. The van der Waals surface area contributed by atoms with Gasteiger partial charge in [-0.25, -0.2) is 0 Å². The second-order valence-electron chi connectivity index (χ2n) is 2.51. The molecule has 1 aromatic rings. The maximum absolute atomic E-state index is 4.18. The van der Waals surface area contributed by atoms with Gasteiger partial charge in [0.25, 0.3) is 0 Å². The predicted molar refractivity (Wildman–Crippen MR) is 50.5 cm³/mol. The van der Waals surface area contributed by atoms with Gasteiger partial charge >= 0.3 is 0 Å². The molecule has 0 aromatic carbocycles. The molecule has 1 aromatic heterocycles. The van der Waals surface area contributed by atoms with Crippen LogP contribution in [0.3, 0.4) is 0 Å². The van der Waals surface area contributed by atoms with E-state index in [0.717, 1.165) is 18.7 Å². The quantitative estimate of drug-likeness (QED) is 0.733. The Morgan fingerprint density at radius 2 is 2.42 bits per heavy atom. The highest BCUT2D eigenvalue weighted by Crippen LogP contribution is 1.91. The summed E-state index contributed by atoms with van der Waals surface area (Å²) in [5, 5.41) is 3.16. The predicted octanol–water partition coefficient (Wildman–Crippen LogP) is 2.09. The largest absolute Gasteiger partial charge is 0.385 e. The van der Waals surface area contributed by atoms with E-state index in [2.05, 4.69) is 23.3 Å². The van der Waals surface area contributed by atoms with E-state index in [9.17, 15) is 0 Å². The first-order valence-electron chi connectivity index (χ1n) is 4.21. The van der Waals surface area contributed by atoms with Gasteiger partial charge in [-0.15, -0.1) is 0 Å². The van der Waals surface area contributed by atoms with Crippen LogP contribution >= 0.6 is 0 Å². The molecule has 1 N–H and O–H groups in total. The van der Waals surface area contributed by atoms with Gasteiger partial charge in [-0.3, -0.25) is 4.98 Å². The summed E-state index contributed by atoms with van der Waals surface area (Å²) in [5.74, 6) is 0. The molecule has 1 heterocycles. The topological polar surface area (TPSA) is 24.9 Å². The molecule has 0 saturated carbocycles. The molecule has 0 fully saturated rings. The van der Waals surface area contributed by atoms with Crippen molar-refractivity contribution >= 4 is 0 Å². The fourth-order valence-electron chi connectivity index (χ4n) is 0.867. The maximum atomic E-state index is 4.18. The number of rotatable bonds is 4. The van der Waals surface area contributed by atoms with Crippen molar-refractivity contribution in [2.24, 2.45) is 0 Å². The maximum Gasteiger partial charge on any atom is 0.0594 e. The van der Waals surface area contributed by atoms with Crippen LogP contribution in [0.1, 0.15) is 19.0 Å². The zero-order chi connectivity index (χ0) is 8.65. The third-order valence-electron chi connectivity index (χ3n) is 1.48. The van der Waals surface area contributed by atoms with Crippen molar-refractivity contribution in [3.63, 3.8) is 0 Å². The summed E-state index contributed by atoms with van der Waals surface area (Å²) < 4.78 is 0. The standard InChI is InChI=1S/C10H14N2/c1-2-3-7-11-9-10-6-4-5-8-12-10/h3-8,11H,2,9H2,1H3/b7-3+. The lowest BCUT2D eigenvalue weighted by Crippen LogP contribution is -2.05. The van der Waals surface area contributed by atoms with E-state index in [1.54, 1.807) is 6.20 Å². The van der Waals surface area contributed by atoms with Gasteiger partial charge in [-0.2, -0.15) is 0 Å². The molecule has 0 spiro atoms. The third kappa shape index (κ3) is 3.19. The molecule has 0 saturated heterocycles. The van der Waals surface area contributed by atoms with Crippen LogP contribution in [0.15, 0.2) is 36.7 Å². The summed E-state index contributed by atoms with van der Waals surface area (Å²) in [4.78, 5) is 4.18. The molecule has 0 unspecified atom stereocenters. The molecular weight excluding hydrogens is 148 g/mol. The first kappa shape index (κ1) is 8.78. The van der Waals surface area contributed by atoms with Gasteiger partial charge in [0, 0.05) is 6.20 Å². The van der Waals surface area contributed by atoms with E-state index in [1.165, 1.54) is 0 Å². The first-order valence-corrected chi connectivity index (χ1v) is 4.21. The van der Waals surface area contributed by atoms with Crippen LogP contribution in [-0.2, 0) is 6.54 Å². The molecule has 0 aliphatic rings.